The molecule has 0 aliphatic carbocycles. The van der Waals surface area contributed by atoms with Crippen LogP contribution in [-0.2, 0) is 0 Å². The number of aryl methyl sites for hydroxylation is 3. The predicted molar refractivity (Wildman–Crippen MR) is 96.5 cm³/mol. The van der Waals surface area contributed by atoms with Gasteiger partial charge in [-0.25, -0.2) is 4.68 Å². The van der Waals surface area contributed by atoms with Gasteiger partial charge >= 0.3 is 0 Å². The average molecular weight is 349 g/mol. The Morgan fingerprint density at radius 2 is 2.00 bits per heavy atom. The maximum absolute atomic E-state index is 12.3. The van der Waals surface area contributed by atoms with Crippen LogP contribution in [0.1, 0.15) is 34.2 Å². The minimum Gasteiger partial charge on any atom is -0.298 e. The average Bonchev–Trinajstić information content (AvgIpc) is 2.83. The van der Waals surface area contributed by atoms with Crippen LogP contribution in [0.15, 0.2) is 23.4 Å². The highest BCUT2D eigenvalue weighted by Gasteiger charge is 2.13. The Morgan fingerprint density at radius 3 is 2.65 bits per heavy atom. The van der Waals surface area contributed by atoms with Gasteiger partial charge in [0.1, 0.15) is 5.82 Å². The molecule has 0 unspecified atom stereocenters. The summed E-state index contributed by atoms with van der Waals surface area (Å²) in [5.41, 5.74) is 5.72. The van der Waals surface area contributed by atoms with E-state index in [1.165, 1.54) is 11.8 Å². The lowest BCUT2D eigenvalue weighted by Crippen LogP contribution is -2.38. The van der Waals surface area contributed by atoms with Crippen molar-refractivity contribution in [2.45, 2.75) is 32.9 Å². The van der Waals surface area contributed by atoms with E-state index < -0.39 is 0 Å². The number of benzene rings is 1. The van der Waals surface area contributed by atoms with E-state index in [1.807, 2.05) is 39.8 Å². The fraction of sp³-hybridized carbons (Fsp3) is 0.333. The number of hydrogen-bond donors (Lipinski definition) is 2. The van der Waals surface area contributed by atoms with E-state index in [0.29, 0.717) is 16.5 Å². The molecule has 0 aliphatic heterocycles. The SMILES string of the molecule is CCSc1nnc(C)n1NC(=S)NC(=O)c1ccc(C)c(C)c1. The van der Waals surface area contributed by atoms with Crippen LogP contribution in [0.3, 0.4) is 0 Å². The molecule has 8 heteroatoms. The number of thioether (sulfide) groups is 1. The number of nitrogens with one attached hydrogen (secondary N) is 2. The maximum atomic E-state index is 12.3. The Labute approximate surface area is 145 Å². The molecule has 2 N–H and O–H groups in total. The van der Waals surface area contributed by atoms with Gasteiger partial charge in [-0.3, -0.25) is 15.5 Å². The number of nitrogens with zero attached hydrogens (tertiary/aromatic N) is 3. The van der Waals surface area contributed by atoms with Crippen LogP contribution in [0.4, 0.5) is 0 Å². The smallest absolute Gasteiger partial charge is 0.257 e. The van der Waals surface area contributed by atoms with Gasteiger partial charge in [-0.2, -0.15) is 0 Å². The Bertz CT molecular complexity index is 741. The van der Waals surface area contributed by atoms with E-state index in [1.54, 1.807) is 10.7 Å². The molecule has 0 bridgehead atoms. The van der Waals surface area contributed by atoms with Gasteiger partial charge in [0.15, 0.2) is 5.11 Å². The zero-order chi connectivity index (χ0) is 17.0. The quantitative estimate of drug-likeness (QED) is 0.653. The van der Waals surface area contributed by atoms with Crippen molar-refractivity contribution in [1.82, 2.24) is 20.2 Å². The number of rotatable bonds is 4. The molecule has 0 aliphatic rings. The third-order valence-corrected chi connectivity index (χ3v) is 4.28. The lowest BCUT2D eigenvalue weighted by atomic mass is 10.1. The molecule has 1 amide bonds. The van der Waals surface area contributed by atoms with Crippen LogP contribution in [0.2, 0.25) is 0 Å². The number of thiocarbonyl (C=S) groups is 1. The van der Waals surface area contributed by atoms with Gasteiger partial charge in [-0.05, 0) is 62.0 Å². The van der Waals surface area contributed by atoms with Gasteiger partial charge in [-0.15, -0.1) is 10.2 Å². The van der Waals surface area contributed by atoms with E-state index in [-0.39, 0.29) is 11.0 Å². The summed E-state index contributed by atoms with van der Waals surface area (Å²) in [6.07, 6.45) is 0. The second-order valence-corrected chi connectivity index (χ2v) is 6.63. The monoisotopic (exact) mass is 349 g/mol. The second kappa shape index (κ2) is 7.56. The van der Waals surface area contributed by atoms with Gasteiger partial charge in [0, 0.05) is 5.56 Å². The second-order valence-electron chi connectivity index (χ2n) is 4.99. The van der Waals surface area contributed by atoms with Gasteiger partial charge in [-0.1, -0.05) is 24.8 Å². The molecule has 1 heterocycles. The standard InChI is InChI=1S/C15H19N5OS2/c1-5-23-15-18-17-11(4)20(15)19-14(22)16-13(21)12-7-6-9(2)10(3)8-12/h6-8H,5H2,1-4H3,(H2,16,19,21,22). The molecule has 6 nitrogen and oxygen atoms in total. The van der Waals surface area contributed by atoms with Crippen LogP contribution in [0.25, 0.3) is 0 Å². The summed E-state index contributed by atoms with van der Waals surface area (Å²) >= 11 is 6.75. The highest BCUT2D eigenvalue weighted by atomic mass is 32.2. The molecule has 2 rings (SSSR count). The topological polar surface area (TPSA) is 71.8 Å². The zero-order valence-corrected chi connectivity index (χ0v) is 15.1. The van der Waals surface area contributed by atoms with Gasteiger partial charge in [0.05, 0.1) is 0 Å². The fourth-order valence-electron chi connectivity index (χ4n) is 1.88. The number of carbonyl (C=O) groups is 1. The number of carbonyl (C=O) groups excluding carboxylic acids is 1. The van der Waals surface area contributed by atoms with Crippen LogP contribution >= 0.6 is 24.0 Å². The summed E-state index contributed by atoms with van der Waals surface area (Å²) in [5, 5.41) is 11.6. The first-order valence-corrected chi connectivity index (χ1v) is 8.56. The molecule has 0 radical (unpaired) electrons. The molecule has 1 aromatic heterocycles. The lowest BCUT2D eigenvalue weighted by molar-refractivity contribution is 0.0977. The van der Waals surface area contributed by atoms with Crippen LogP contribution < -0.4 is 10.7 Å². The molecular formula is C15H19N5OS2. The highest BCUT2D eigenvalue weighted by molar-refractivity contribution is 7.99. The van der Waals surface area contributed by atoms with Crippen molar-refractivity contribution < 1.29 is 4.79 Å². The molecule has 1 aromatic carbocycles. The van der Waals surface area contributed by atoms with Gasteiger partial charge < -0.3 is 0 Å². The maximum Gasteiger partial charge on any atom is 0.257 e. The Morgan fingerprint density at radius 1 is 1.26 bits per heavy atom. The predicted octanol–water partition coefficient (Wildman–Crippen LogP) is 2.57. The third-order valence-electron chi connectivity index (χ3n) is 3.28. The zero-order valence-electron chi connectivity index (χ0n) is 13.5. The van der Waals surface area contributed by atoms with E-state index in [4.69, 9.17) is 12.2 Å². The first-order valence-electron chi connectivity index (χ1n) is 7.16. The summed E-state index contributed by atoms with van der Waals surface area (Å²) in [5.74, 6) is 1.28. The van der Waals surface area contributed by atoms with Crippen molar-refractivity contribution in [1.29, 1.82) is 0 Å². The van der Waals surface area contributed by atoms with Crippen LogP contribution in [-0.4, -0.2) is 31.6 Å². The van der Waals surface area contributed by atoms with Crippen LogP contribution in [0, 0.1) is 20.8 Å². The molecule has 0 saturated heterocycles. The molecule has 0 saturated carbocycles. The van der Waals surface area contributed by atoms with E-state index in [9.17, 15) is 4.79 Å². The summed E-state index contributed by atoms with van der Waals surface area (Å²) in [7, 11) is 0. The Balaban J connectivity index is 2.06. The van der Waals surface area contributed by atoms with E-state index in [0.717, 1.165) is 16.9 Å². The molecule has 0 fully saturated rings. The van der Waals surface area contributed by atoms with Crippen molar-refractivity contribution in [3.63, 3.8) is 0 Å². The summed E-state index contributed by atoms with van der Waals surface area (Å²) < 4.78 is 1.66. The minimum atomic E-state index is -0.249. The molecule has 122 valence electrons. The fourth-order valence-corrected chi connectivity index (χ4v) is 2.73. The normalized spacial score (nSPS) is 10.4. The molecule has 0 atom stereocenters. The third kappa shape index (κ3) is 4.29. The van der Waals surface area contributed by atoms with E-state index >= 15 is 0 Å². The summed E-state index contributed by atoms with van der Waals surface area (Å²) in [4.78, 5) is 12.3. The van der Waals surface area contributed by atoms with Crippen molar-refractivity contribution in [2.75, 3.05) is 11.2 Å². The minimum absolute atomic E-state index is 0.203. The van der Waals surface area contributed by atoms with Crippen molar-refractivity contribution in [3.05, 3.63) is 40.7 Å². The number of amides is 1. The number of hydrogen-bond acceptors (Lipinski definition) is 5. The van der Waals surface area contributed by atoms with Crippen molar-refractivity contribution >= 4 is 35.0 Å². The summed E-state index contributed by atoms with van der Waals surface area (Å²) in [6, 6.07) is 5.54. The molecule has 2 aromatic rings. The van der Waals surface area contributed by atoms with Gasteiger partial charge in [0.2, 0.25) is 5.16 Å². The first-order chi connectivity index (χ1) is 10.9. The molecule has 0 spiro atoms. The van der Waals surface area contributed by atoms with Crippen molar-refractivity contribution in [2.24, 2.45) is 0 Å². The molecule has 23 heavy (non-hydrogen) atoms. The van der Waals surface area contributed by atoms with Crippen LogP contribution in [0.5, 0.6) is 0 Å². The van der Waals surface area contributed by atoms with E-state index in [2.05, 4.69) is 20.9 Å². The first kappa shape index (κ1) is 17.4. The molecular weight excluding hydrogens is 330 g/mol. The highest BCUT2D eigenvalue weighted by Crippen LogP contribution is 2.14. The van der Waals surface area contributed by atoms with Crippen molar-refractivity contribution in [3.8, 4) is 0 Å². The summed E-state index contributed by atoms with van der Waals surface area (Å²) in [6.45, 7) is 7.81. The van der Waals surface area contributed by atoms with Gasteiger partial charge in [0.25, 0.3) is 5.91 Å². The number of aromatic nitrogens is 3. The Kier molecular flexibility index (Phi) is 5.73. The largest absolute Gasteiger partial charge is 0.298 e. The lowest BCUT2D eigenvalue weighted by Gasteiger charge is -2.13. The Hall–Kier alpha value is -1.93.